The lowest BCUT2D eigenvalue weighted by atomic mass is 10.00. The highest BCUT2D eigenvalue weighted by atomic mass is 35.5. The summed E-state index contributed by atoms with van der Waals surface area (Å²) in [6.07, 6.45) is -3.99. The van der Waals surface area contributed by atoms with Crippen molar-refractivity contribution in [3.05, 3.63) is 63.7 Å². The lowest BCUT2D eigenvalue weighted by molar-refractivity contribution is -0.138. The van der Waals surface area contributed by atoms with Crippen LogP contribution in [0.25, 0.3) is 0 Å². The van der Waals surface area contributed by atoms with Crippen LogP contribution in [0, 0.1) is 0 Å². The fourth-order valence-corrected chi connectivity index (χ4v) is 3.47. The molecule has 1 aliphatic rings. The minimum Gasteiger partial charge on any atom is -0.396 e. The molecular formula is C21H19ClF5NO2. The van der Waals surface area contributed by atoms with Gasteiger partial charge < -0.3 is 10.4 Å². The first kappa shape index (κ1) is 22.5. The average Bonchev–Trinajstić information content (AvgIpc) is 3.51. The van der Waals surface area contributed by atoms with Crippen LogP contribution in [-0.4, -0.2) is 17.6 Å². The summed E-state index contributed by atoms with van der Waals surface area (Å²) < 4.78 is 68.3. The van der Waals surface area contributed by atoms with Gasteiger partial charge in [0.25, 0.3) is 11.8 Å². The Labute approximate surface area is 174 Å². The van der Waals surface area contributed by atoms with Crippen molar-refractivity contribution in [1.82, 2.24) is 0 Å². The second-order valence-corrected chi connectivity index (χ2v) is 7.66. The Hall–Kier alpha value is -2.19. The number of carbonyl (C=O) groups excluding carboxylic acids is 1. The molecule has 0 saturated heterocycles. The molecule has 1 aliphatic carbocycles. The topological polar surface area (TPSA) is 49.3 Å². The van der Waals surface area contributed by atoms with Crippen molar-refractivity contribution in [3.8, 4) is 0 Å². The number of aliphatic hydroxyl groups excluding tert-OH is 1. The van der Waals surface area contributed by atoms with E-state index in [1.165, 1.54) is 18.2 Å². The molecule has 2 aromatic rings. The van der Waals surface area contributed by atoms with Gasteiger partial charge in [0.2, 0.25) is 0 Å². The van der Waals surface area contributed by atoms with Gasteiger partial charge in [-0.2, -0.15) is 13.2 Å². The summed E-state index contributed by atoms with van der Waals surface area (Å²) in [5, 5.41) is 11.0. The standard InChI is InChI=1S/C21H19ClF5NO2/c22-18-7-4-13(10-17(18)20(23,24)8-1-9-29)19(30)28-14-5-6-16(21(25,26)27)15(11-14)12-2-3-12/h4-7,10-12,29H,1-3,8-9H2,(H,28,30). The maximum atomic E-state index is 14.3. The number of hydrogen-bond donors (Lipinski definition) is 2. The molecule has 2 N–H and O–H groups in total. The van der Waals surface area contributed by atoms with Gasteiger partial charge in [0, 0.05) is 34.9 Å². The van der Waals surface area contributed by atoms with Gasteiger partial charge in [-0.3, -0.25) is 4.79 Å². The number of rotatable bonds is 7. The predicted molar refractivity (Wildman–Crippen MR) is 103 cm³/mol. The van der Waals surface area contributed by atoms with Crippen LogP contribution in [0.1, 0.15) is 58.6 Å². The second kappa shape index (κ2) is 8.51. The van der Waals surface area contributed by atoms with Crippen molar-refractivity contribution >= 4 is 23.2 Å². The molecule has 9 heteroatoms. The van der Waals surface area contributed by atoms with Gasteiger partial charge in [0.05, 0.1) is 5.56 Å². The van der Waals surface area contributed by atoms with Gasteiger partial charge in [-0.25, -0.2) is 8.78 Å². The largest absolute Gasteiger partial charge is 0.416 e. The van der Waals surface area contributed by atoms with Crippen molar-refractivity contribution in [2.45, 2.75) is 43.7 Å². The third kappa shape index (κ3) is 5.10. The van der Waals surface area contributed by atoms with Crippen LogP contribution in [-0.2, 0) is 12.1 Å². The third-order valence-electron chi connectivity index (χ3n) is 4.90. The number of nitrogens with one attached hydrogen (secondary N) is 1. The number of benzene rings is 2. The van der Waals surface area contributed by atoms with Crippen LogP contribution in [0.15, 0.2) is 36.4 Å². The molecule has 1 fully saturated rings. The highest BCUT2D eigenvalue weighted by Crippen LogP contribution is 2.46. The van der Waals surface area contributed by atoms with E-state index in [0.717, 1.165) is 18.2 Å². The number of aliphatic hydroxyl groups is 1. The van der Waals surface area contributed by atoms with Gasteiger partial charge in [-0.05, 0) is 67.1 Å². The normalized spacial score (nSPS) is 14.6. The summed E-state index contributed by atoms with van der Waals surface area (Å²) in [6, 6.07) is 6.72. The van der Waals surface area contributed by atoms with Crippen LogP contribution in [0.3, 0.4) is 0 Å². The predicted octanol–water partition coefficient (Wildman–Crippen LogP) is 6.35. The molecule has 0 atom stereocenters. The number of halogens is 6. The zero-order valence-corrected chi connectivity index (χ0v) is 16.5. The lowest BCUT2D eigenvalue weighted by Gasteiger charge is -2.19. The van der Waals surface area contributed by atoms with Gasteiger partial charge in [0.15, 0.2) is 0 Å². The molecule has 0 unspecified atom stereocenters. The van der Waals surface area contributed by atoms with E-state index in [1.807, 2.05) is 0 Å². The Balaban J connectivity index is 1.84. The van der Waals surface area contributed by atoms with Crippen LogP contribution >= 0.6 is 11.6 Å². The molecular weight excluding hydrogens is 429 g/mol. The van der Waals surface area contributed by atoms with Crippen LogP contribution in [0.2, 0.25) is 5.02 Å². The van der Waals surface area contributed by atoms with Crippen molar-refractivity contribution < 1.29 is 31.9 Å². The second-order valence-electron chi connectivity index (χ2n) is 7.25. The van der Waals surface area contributed by atoms with Crippen molar-refractivity contribution in [2.75, 3.05) is 11.9 Å². The number of alkyl halides is 5. The Kier molecular flexibility index (Phi) is 6.38. The fraction of sp³-hybridized carbons (Fsp3) is 0.381. The SMILES string of the molecule is O=C(Nc1ccc(C(F)(F)F)c(C2CC2)c1)c1ccc(Cl)c(C(F)(F)CCCO)c1. The maximum absolute atomic E-state index is 14.3. The molecule has 2 aromatic carbocycles. The molecule has 1 amide bonds. The van der Waals surface area contributed by atoms with E-state index in [1.54, 1.807) is 0 Å². The third-order valence-corrected chi connectivity index (χ3v) is 5.23. The molecule has 30 heavy (non-hydrogen) atoms. The van der Waals surface area contributed by atoms with Crippen LogP contribution in [0.5, 0.6) is 0 Å². The van der Waals surface area contributed by atoms with E-state index >= 15 is 0 Å². The Bertz CT molecular complexity index is 941. The molecule has 162 valence electrons. The first-order chi connectivity index (χ1) is 14.0. The van der Waals surface area contributed by atoms with E-state index in [0.29, 0.717) is 12.8 Å². The first-order valence-corrected chi connectivity index (χ1v) is 9.72. The van der Waals surface area contributed by atoms with Crippen molar-refractivity contribution in [2.24, 2.45) is 0 Å². The summed E-state index contributed by atoms with van der Waals surface area (Å²) in [5.41, 5.74) is -1.12. The highest BCUT2D eigenvalue weighted by molar-refractivity contribution is 6.31. The molecule has 3 rings (SSSR count). The van der Waals surface area contributed by atoms with E-state index in [4.69, 9.17) is 16.7 Å². The van der Waals surface area contributed by atoms with Gasteiger partial charge in [-0.15, -0.1) is 0 Å². The highest BCUT2D eigenvalue weighted by Gasteiger charge is 2.38. The molecule has 0 aliphatic heterocycles. The lowest BCUT2D eigenvalue weighted by Crippen LogP contribution is -2.18. The van der Waals surface area contributed by atoms with Gasteiger partial charge >= 0.3 is 6.18 Å². The molecule has 0 heterocycles. The Morgan fingerprint density at radius 1 is 1.07 bits per heavy atom. The smallest absolute Gasteiger partial charge is 0.396 e. The zero-order valence-electron chi connectivity index (χ0n) is 15.7. The maximum Gasteiger partial charge on any atom is 0.416 e. The summed E-state index contributed by atoms with van der Waals surface area (Å²) in [7, 11) is 0. The van der Waals surface area contributed by atoms with Crippen molar-refractivity contribution in [3.63, 3.8) is 0 Å². The summed E-state index contributed by atoms with van der Waals surface area (Å²) in [5.74, 6) is -4.29. The molecule has 1 saturated carbocycles. The minimum atomic E-state index is -4.49. The van der Waals surface area contributed by atoms with Gasteiger partial charge in [0.1, 0.15) is 0 Å². The molecule has 0 bridgehead atoms. The average molecular weight is 448 g/mol. The van der Waals surface area contributed by atoms with Gasteiger partial charge in [-0.1, -0.05) is 11.6 Å². The zero-order chi connectivity index (χ0) is 22.1. The number of hydrogen-bond acceptors (Lipinski definition) is 2. The van der Waals surface area contributed by atoms with E-state index < -0.39 is 42.2 Å². The Morgan fingerprint density at radius 3 is 2.37 bits per heavy atom. The fourth-order valence-electron chi connectivity index (χ4n) is 3.22. The van der Waals surface area contributed by atoms with E-state index in [9.17, 15) is 26.7 Å². The number of anilines is 1. The van der Waals surface area contributed by atoms with Crippen LogP contribution in [0.4, 0.5) is 27.6 Å². The quantitative estimate of drug-likeness (QED) is 0.486. The molecule has 0 radical (unpaired) electrons. The molecule has 3 nitrogen and oxygen atoms in total. The summed E-state index contributed by atoms with van der Waals surface area (Å²) in [4.78, 5) is 12.5. The van der Waals surface area contributed by atoms with Crippen molar-refractivity contribution in [1.29, 1.82) is 0 Å². The van der Waals surface area contributed by atoms with E-state index in [2.05, 4.69) is 5.32 Å². The molecule has 0 spiro atoms. The summed E-state index contributed by atoms with van der Waals surface area (Å²) >= 11 is 5.87. The molecule has 0 aromatic heterocycles. The van der Waals surface area contributed by atoms with E-state index in [-0.39, 0.29) is 34.2 Å². The minimum absolute atomic E-state index is 0.106. The summed E-state index contributed by atoms with van der Waals surface area (Å²) in [6.45, 7) is -0.412. The monoisotopic (exact) mass is 447 g/mol. The van der Waals surface area contributed by atoms with Crippen LogP contribution < -0.4 is 5.32 Å². The Morgan fingerprint density at radius 2 is 1.77 bits per heavy atom. The number of carbonyl (C=O) groups is 1. The number of amides is 1. The first-order valence-electron chi connectivity index (χ1n) is 9.34.